The van der Waals surface area contributed by atoms with Crippen LogP contribution in [0.3, 0.4) is 0 Å². The Balaban J connectivity index is 2.59. The van der Waals surface area contributed by atoms with Crippen molar-refractivity contribution >= 4 is 11.9 Å². The molecule has 0 spiro atoms. The van der Waals surface area contributed by atoms with Gasteiger partial charge in [-0.3, -0.25) is 4.79 Å². The zero-order valence-electron chi connectivity index (χ0n) is 6.84. The Bertz CT molecular complexity index is 486. The molecule has 0 saturated heterocycles. The van der Waals surface area contributed by atoms with Crippen molar-refractivity contribution < 1.29 is 4.79 Å². The van der Waals surface area contributed by atoms with Crippen LogP contribution < -0.4 is 0 Å². The Morgan fingerprint density at radius 1 is 1.62 bits per heavy atom. The van der Waals surface area contributed by atoms with Crippen molar-refractivity contribution in [2.24, 2.45) is 0 Å². The number of carbonyl (C=O) groups excluding carboxylic acids is 1. The molecule has 0 saturated carbocycles. The lowest BCUT2D eigenvalue weighted by Crippen LogP contribution is -1.92. The van der Waals surface area contributed by atoms with Crippen LogP contribution in [-0.4, -0.2) is 20.5 Å². The lowest BCUT2D eigenvalue weighted by atomic mass is 10.5. The number of hydrogen-bond acceptors (Lipinski definition) is 2. The summed E-state index contributed by atoms with van der Waals surface area (Å²) in [6, 6.07) is 1.70. The second-order valence-corrected chi connectivity index (χ2v) is 2.62. The molecule has 2 aromatic rings. The number of carbonyl (C=O) groups is 1. The second-order valence-electron chi connectivity index (χ2n) is 2.62. The molecule has 0 unspecified atom stereocenters. The Kier molecular flexibility index (Phi) is 1.64. The highest BCUT2D eigenvalue weighted by Crippen LogP contribution is 2.06. The molecule has 0 bridgehead atoms. The summed E-state index contributed by atoms with van der Waals surface area (Å²) in [5.41, 5.74) is 1.25. The maximum Gasteiger partial charge on any atom is 0.170 e. The molecular formula is C9H7N3O. The van der Waals surface area contributed by atoms with Gasteiger partial charge in [-0.15, -0.1) is 6.42 Å². The van der Waals surface area contributed by atoms with E-state index in [1.807, 2.05) is 10.8 Å². The smallest absolute Gasteiger partial charge is 0.170 e. The molecular weight excluding hydrogens is 166 g/mol. The molecule has 0 aromatic carbocycles. The zero-order valence-corrected chi connectivity index (χ0v) is 6.84. The van der Waals surface area contributed by atoms with Gasteiger partial charge in [0.2, 0.25) is 0 Å². The normalized spacial score (nSPS) is 10.1. The Labute approximate surface area is 74.8 Å². The van der Waals surface area contributed by atoms with Crippen LogP contribution in [0.2, 0.25) is 0 Å². The molecule has 0 N–H and O–H groups in total. The molecule has 0 aliphatic rings. The van der Waals surface area contributed by atoms with Crippen LogP contribution in [0.4, 0.5) is 0 Å². The van der Waals surface area contributed by atoms with E-state index in [0.29, 0.717) is 18.5 Å². The summed E-state index contributed by atoms with van der Waals surface area (Å²) in [4.78, 5) is 10.4. The van der Waals surface area contributed by atoms with Crippen molar-refractivity contribution in [2.45, 2.75) is 6.54 Å². The largest absolute Gasteiger partial charge is 0.320 e. The van der Waals surface area contributed by atoms with Gasteiger partial charge in [0.15, 0.2) is 6.29 Å². The lowest BCUT2D eigenvalue weighted by molar-refractivity contribution is 0.111. The molecule has 0 aliphatic heterocycles. The Hall–Kier alpha value is -2.02. The van der Waals surface area contributed by atoms with E-state index in [-0.39, 0.29) is 0 Å². The topological polar surface area (TPSA) is 39.3 Å². The summed E-state index contributed by atoms with van der Waals surface area (Å²) in [5, 5.41) is 3.99. The predicted molar refractivity (Wildman–Crippen MR) is 47.4 cm³/mol. The van der Waals surface area contributed by atoms with Crippen LogP contribution in [0.15, 0.2) is 18.5 Å². The van der Waals surface area contributed by atoms with Crippen molar-refractivity contribution in [1.29, 1.82) is 0 Å². The van der Waals surface area contributed by atoms with Crippen LogP contribution in [0, 0.1) is 12.3 Å². The van der Waals surface area contributed by atoms with Crippen LogP contribution in [0.5, 0.6) is 0 Å². The van der Waals surface area contributed by atoms with E-state index in [9.17, 15) is 4.79 Å². The molecule has 4 heteroatoms. The first-order chi connectivity index (χ1) is 6.35. The maximum atomic E-state index is 10.4. The summed E-state index contributed by atoms with van der Waals surface area (Å²) in [5.74, 6) is 2.52. The molecule has 13 heavy (non-hydrogen) atoms. The molecule has 64 valence electrons. The summed E-state index contributed by atoms with van der Waals surface area (Å²) >= 11 is 0. The minimum atomic E-state index is 0.418. The van der Waals surface area contributed by atoms with E-state index in [1.54, 1.807) is 16.8 Å². The third-order valence-electron chi connectivity index (χ3n) is 1.80. The number of aldehydes is 1. The Morgan fingerprint density at radius 3 is 3.15 bits per heavy atom. The van der Waals surface area contributed by atoms with Crippen LogP contribution in [0.1, 0.15) is 10.5 Å². The van der Waals surface area contributed by atoms with Crippen molar-refractivity contribution in [1.82, 2.24) is 14.2 Å². The van der Waals surface area contributed by atoms with Crippen LogP contribution in [0.25, 0.3) is 5.65 Å². The lowest BCUT2D eigenvalue weighted by Gasteiger charge is -1.93. The zero-order chi connectivity index (χ0) is 9.26. The van der Waals surface area contributed by atoms with E-state index in [1.165, 1.54) is 0 Å². The van der Waals surface area contributed by atoms with Gasteiger partial charge in [0, 0.05) is 18.5 Å². The van der Waals surface area contributed by atoms with Gasteiger partial charge in [-0.25, -0.2) is 4.52 Å². The molecule has 0 amide bonds. The first-order valence-corrected chi connectivity index (χ1v) is 3.78. The first-order valence-electron chi connectivity index (χ1n) is 3.78. The van der Waals surface area contributed by atoms with Gasteiger partial charge in [-0.05, 0) is 0 Å². The van der Waals surface area contributed by atoms with Gasteiger partial charge in [0.1, 0.15) is 11.3 Å². The molecule has 0 aliphatic carbocycles. The number of terminal acetylenes is 1. The SMILES string of the molecule is C#CCn1ccn2nc(C=O)cc12. The average molecular weight is 173 g/mol. The fraction of sp³-hybridized carbons (Fsp3) is 0.111. The summed E-state index contributed by atoms with van der Waals surface area (Å²) < 4.78 is 3.47. The number of aromatic nitrogens is 3. The predicted octanol–water partition coefficient (Wildman–Crippen LogP) is 0.581. The highest BCUT2D eigenvalue weighted by atomic mass is 16.1. The minimum Gasteiger partial charge on any atom is -0.320 e. The highest BCUT2D eigenvalue weighted by Gasteiger charge is 2.03. The van der Waals surface area contributed by atoms with E-state index >= 15 is 0 Å². The van der Waals surface area contributed by atoms with Crippen molar-refractivity contribution in [3.05, 3.63) is 24.2 Å². The monoisotopic (exact) mass is 173 g/mol. The molecule has 4 nitrogen and oxygen atoms in total. The second kappa shape index (κ2) is 2.79. The van der Waals surface area contributed by atoms with E-state index in [2.05, 4.69) is 11.0 Å². The maximum absolute atomic E-state index is 10.4. The number of hydrogen-bond donors (Lipinski definition) is 0. The van der Waals surface area contributed by atoms with E-state index in [0.717, 1.165) is 5.65 Å². The number of imidazole rings is 1. The molecule has 2 rings (SSSR count). The molecule has 2 heterocycles. The summed E-state index contributed by atoms with van der Waals surface area (Å²) in [6.45, 7) is 0.487. The molecule has 2 aromatic heterocycles. The summed E-state index contributed by atoms with van der Waals surface area (Å²) in [6.07, 6.45) is 9.49. The van der Waals surface area contributed by atoms with Crippen LogP contribution in [-0.2, 0) is 6.54 Å². The molecule has 0 fully saturated rings. The molecule has 0 atom stereocenters. The fourth-order valence-electron chi connectivity index (χ4n) is 1.24. The van der Waals surface area contributed by atoms with Gasteiger partial charge in [-0.1, -0.05) is 5.92 Å². The van der Waals surface area contributed by atoms with Crippen molar-refractivity contribution in [3.8, 4) is 12.3 Å². The van der Waals surface area contributed by atoms with E-state index < -0.39 is 0 Å². The molecule has 0 radical (unpaired) electrons. The standard InChI is InChI=1S/C9H7N3O/c1-2-3-11-4-5-12-9(11)6-8(7-13)10-12/h1,4-7H,3H2. The minimum absolute atomic E-state index is 0.418. The van der Waals surface area contributed by atoms with Crippen molar-refractivity contribution in [2.75, 3.05) is 0 Å². The van der Waals surface area contributed by atoms with Gasteiger partial charge in [-0.2, -0.15) is 5.10 Å². The van der Waals surface area contributed by atoms with Gasteiger partial charge in [0.05, 0.1) is 6.54 Å². The summed E-state index contributed by atoms with van der Waals surface area (Å²) in [7, 11) is 0. The number of nitrogens with zero attached hydrogens (tertiary/aromatic N) is 3. The highest BCUT2D eigenvalue weighted by molar-refractivity contribution is 5.74. The Morgan fingerprint density at radius 2 is 2.46 bits per heavy atom. The first kappa shape index (κ1) is 7.62. The fourth-order valence-corrected chi connectivity index (χ4v) is 1.24. The van der Waals surface area contributed by atoms with E-state index in [4.69, 9.17) is 6.42 Å². The third kappa shape index (κ3) is 1.11. The average Bonchev–Trinajstić information content (AvgIpc) is 2.67. The van der Waals surface area contributed by atoms with Gasteiger partial charge in [0.25, 0.3) is 0 Å². The quantitative estimate of drug-likeness (QED) is 0.492. The van der Waals surface area contributed by atoms with Gasteiger partial charge >= 0.3 is 0 Å². The third-order valence-corrected chi connectivity index (χ3v) is 1.80. The van der Waals surface area contributed by atoms with Gasteiger partial charge < -0.3 is 4.57 Å². The van der Waals surface area contributed by atoms with Crippen LogP contribution >= 0.6 is 0 Å². The number of rotatable bonds is 2. The van der Waals surface area contributed by atoms with Crippen molar-refractivity contribution in [3.63, 3.8) is 0 Å². The number of fused-ring (bicyclic) bond motifs is 1.